The smallest absolute Gasteiger partial charge is 0.408 e. The summed E-state index contributed by atoms with van der Waals surface area (Å²) in [5.74, 6) is -0.300. The van der Waals surface area contributed by atoms with Crippen molar-refractivity contribution in [2.24, 2.45) is 5.41 Å². The number of amides is 1. The van der Waals surface area contributed by atoms with Crippen LogP contribution < -0.4 is 5.32 Å². The fraction of sp³-hybridized carbons (Fsp3) is 0.733. The highest BCUT2D eigenvalue weighted by Gasteiger charge is 2.67. The zero-order valence-electron chi connectivity index (χ0n) is 12.6. The Kier molecular flexibility index (Phi) is 3.56. The van der Waals surface area contributed by atoms with Crippen molar-refractivity contribution in [3.05, 3.63) is 12.2 Å². The van der Waals surface area contributed by atoms with Gasteiger partial charge in [0.1, 0.15) is 5.60 Å². The summed E-state index contributed by atoms with van der Waals surface area (Å²) in [6.45, 7) is 7.71. The van der Waals surface area contributed by atoms with Crippen molar-refractivity contribution in [1.82, 2.24) is 5.32 Å². The molecule has 3 fully saturated rings. The van der Waals surface area contributed by atoms with Gasteiger partial charge in [-0.3, -0.25) is 0 Å². The van der Waals surface area contributed by atoms with Crippen LogP contribution in [0, 0.1) is 5.41 Å². The number of alkyl carbamates (subject to hydrolysis) is 1. The number of allylic oxidation sites excluding steroid dienone is 1. The predicted octanol–water partition coefficient (Wildman–Crippen LogP) is 2.55. The molecule has 1 N–H and O–H groups in total. The first-order chi connectivity index (χ1) is 9.18. The molecule has 3 rings (SSSR count). The van der Waals surface area contributed by atoms with Gasteiger partial charge < -0.3 is 14.8 Å². The molecule has 3 aliphatic carbocycles. The monoisotopic (exact) mass is 281 g/mol. The summed E-state index contributed by atoms with van der Waals surface area (Å²) in [4.78, 5) is 23.0. The minimum absolute atomic E-state index is 0.0712. The normalized spacial score (nSPS) is 31.2. The van der Waals surface area contributed by atoms with Gasteiger partial charge in [-0.1, -0.05) is 6.08 Å². The van der Waals surface area contributed by atoms with Gasteiger partial charge in [0.25, 0.3) is 0 Å². The van der Waals surface area contributed by atoms with Crippen LogP contribution in [-0.4, -0.2) is 29.8 Å². The van der Waals surface area contributed by atoms with Gasteiger partial charge in [-0.2, -0.15) is 0 Å². The van der Waals surface area contributed by atoms with Crippen LogP contribution in [0.4, 0.5) is 4.79 Å². The van der Waals surface area contributed by atoms with E-state index in [0.717, 1.165) is 19.3 Å². The molecule has 3 saturated carbocycles. The number of ether oxygens (including phenoxy) is 2. The topological polar surface area (TPSA) is 64.6 Å². The van der Waals surface area contributed by atoms with Crippen molar-refractivity contribution in [3.63, 3.8) is 0 Å². The summed E-state index contributed by atoms with van der Waals surface area (Å²) in [6.07, 6.45) is 5.67. The quantitative estimate of drug-likeness (QED) is 0.635. The van der Waals surface area contributed by atoms with E-state index in [0.29, 0.717) is 6.61 Å². The van der Waals surface area contributed by atoms with Gasteiger partial charge >= 0.3 is 12.1 Å². The third-order valence-corrected chi connectivity index (χ3v) is 3.70. The summed E-state index contributed by atoms with van der Waals surface area (Å²) in [5, 5.41) is 2.94. The van der Waals surface area contributed by atoms with Crippen LogP contribution in [0.2, 0.25) is 0 Å². The molecule has 0 saturated heterocycles. The second-order valence-electron chi connectivity index (χ2n) is 6.89. The number of carbonyl (C=O) groups excluding carboxylic acids is 2. The number of hydrogen-bond donors (Lipinski definition) is 1. The summed E-state index contributed by atoms with van der Waals surface area (Å²) in [5.41, 5.74) is -0.530. The van der Waals surface area contributed by atoms with Crippen molar-refractivity contribution in [1.29, 1.82) is 0 Å². The van der Waals surface area contributed by atoms with Crippen LogP contribution in [-0.2, 0) is 14.3 Å². The zero-order valence-corrected chi connectivity index (χ0v) is 12.6. The fourth-order valence-electron chi connectivity index (χ4n) is 3.13. The lowest BCUT2D eigenvalue weighted by Crippen LogP contribution is -2.74. The molecular weight excluding hydrogens is 258 g/mol. The lowest BCUT2D eigenvalue weighted by Gasteiger charge is -2.69. The van der Waals surface area contributed by atoms with E-state index >= 15 is 0 Å². The molecule has 112 valence electrons. The Bertz CT molecular complexity index is 428. The highest BCUT2D eigenvalue weighted by atomic mass is 16.6. The highest BCUT2D eigenvalue weighted by molar-refractivity contribution is 5.82. The molecule has 5 heteroatoms. The lowest BCUT2D eigenvalue weighted by atomic mass is 9.39. The molecule has 2 bridgehead atoms. The van der Waals surface area contributed by atoms with Gasteiger partial charge in [-0.05, 0) is 52.4 Å². The second kappa shape index (κ2) is 4.79. The Balaban J connectivity index is 1.77. The maximum absolute atomic E-state index is 11.7. The van der Waals surface area contributed by atoms with Crippen molar-refractivity contribution in [3.8, 4) is 0 Å². The van der Waals surface area contributed by atoms with Crippen molar-refractivity contribution in [2.75, 3.05) is 6.61 Å². The van der Waals surface area contributed by atoms with Gasteiger partial charge in [0, 0.05) is 11.6 Å². The highest BCUT2D eigenvalue weighted by Crippen LogP contribution is 2.68. The molecule has 0 atom stereocenters. The minimum atomic E-state index is -0.477. The van der Waals surface area contributed by atoms with Crippen molar-refractivity contribution in [2.45, 2.75) is 58.1 Å². The molecule has 0 heterocycles. The SMILES string of the molecule is CCOC(=O)/C=C/C12CC(NC(=O)OC(C)(C)C)(C1)C2. The van der Waals surface area contributed by atoms with Crippen LogP contribution in [0.5, 0.6) is 0 Å². The number of rotatable bonds is 4. The van der Waals surface area contributed by atoms with Crippen LogP contribution in [0.25, 0.3) is 0 Å². The minimum Gasteiger partial charge on any atom is -0.463 e. The molecule has 0 unspecified atom stereocenters. The first-order valence-electron chi connectivity index (χ1n) is 7.05. The maximum atomic E-state index is 11.7. The summed E-state index contributed by atoms with van der Waals surface area (Å²) < 4.78 is 10.1. The van der Waals surface area contributed by atoms with E-state index in [1.54, 1.807) is 6.92 Å². The Labute approximate surface area is 119 Å². The third kappa shape index (κ3) is 3.14. The largest absolute Gasteiger partial charge is 0.463 e. The summed E-state index contributed by atoms with van der Waals surface area (Å²) in [6, 6.07) is 0. The van der Waals surface area contributed by atoms with E-state index in [-0.39, 0.29) is 23.0 Å². The summed E-state index contributed by atoms with van der Waals surface area (Å²) in [7, 11) is 0. The molecule has 0 radical (unpaired) electrons. The van der Waals surface area contributed by atoms with Gasteiger partial charge in [0.05, 0.1) is 6.61 Å². The molecule has 0 aromatic heterocycles. The first kappa shape index (κ1) is 14.9. The number of nitrogens with one attached hydrogen (secondary N) is 1. The Morgan fingerprint density at radius 1 is 1.25 bits per heavy atom. The van der Waals surface area contributed by atoms with E-state index in [1.807, 2.05) is 26.8 Å². The Morgan fingerprint density at radius 2 is 1.85 bits per heavy atom. The van der Waals surface area contributed by atoms with Crippen LogP contribution in [0.1, 0.15) is 47.0 Å². The molecule has 0 aromatic rings. The summed E-state index contributed by atoms with van der Waals surface area (Å²) >= 11 is 0. The van der Waals surface area contributed by atoms with E-state index in [1.165, 1.54) is 6.08 Å². The van der Waals surface area contributed by atoms with Crippen LogP contribution in [0.15, 0.2) is 12.2 Å². The van der Waals surface area contributed by atoms with Gasteiger partial charge in [0.2, 0.25) is 0 Å². The molecular formula is C15H23NO4. The second-order valence-corrected chi connectivity index (χ2v) is 6.89. The maximum Gasteiger partial charge on any atom is 0.408 e. The van der Waals surface area contributed by atoms with Gasteiger partial charge in [0.15, 0.2) is 0 Å². The molecule has 0 aliphatic heterocycles. The number of hydrogen-bond acceptors (Lipinski definition) is 4. The van der Waals surface area contributed by atoms with Gasteiger partial charge in [-0.25, -0.2) is 9.59 Å². The first-order valence-corrected chi connectivity index (χ1v) is 7.05. The van der Waals surface area contributed by atoms with Gasteiger partial charge in [-0.15, -0.1) is 0 Å². The lowest BCUT2D eigenvalue weighted by molar-refractivity contribution is -0.138. The van der Waals surface area contributed by atoms with Crippen molar-refractivity contribution >= 4 is 12.1 Å². The third-order valence-electron chi connectivity index (χ3n) is 3.70. The molecule has 0 spiro atoms. The predicted molar refractivity (Wildman–Crippen MR) is 74.2 cm³/mol. The molecule has 20 heavy (non-hydrogen) atoms. The zero-order chi connectivity index (χ0) is 15.0. The standard InChI is InChI=1S/C15H23NO4/c1-5-19-11(17)6-7-14-8-15(9-14,10-14)16-12(18)20-13(2,3)4/h6-7H,5,8-10H2,1-4H3,(H,16,18)/b7-6+. The molecule has 0 aromatic carbocycles. The average Bonchev–Trinajstić information content (AvgIpc) is 2.17. The van der Waals surface area contributed by atoms with Crippen molar-refractivity contribution < 1.29 is 19.1 Å². The van der Waals surface area contributed by atoms with E-state index in [4.69, 9.17) is 9.47 Å². The Morgan fingerprint density at radius 3 is 2.35 bits per heavy atom. The number of esters is 1. The molecule has 5 nitrogen and oxygen atoms in total. The average molecular weight is 281 g/mol. The van der Waals surface area contributed by atoms with Crippen LogP contribution >= 0.6 is 0 Å². The van der Waals surface area contributed by atoms with E-state index in [9.17, 15) is 9.59 Å². The number of carbonyl (C=O) groups is 2. The molecule has 1 amide bonds. The molecule has 3 aliphatic rings. The van der Waals surface area contributed by atoms with Crippen LogP contribution in [0.3, 0.4) is 0 Å². The van der Waals surface area contributed by atoms with E-state index in [2.05, 4.69) is 5.32 Å². The fourth-order valence-corrected chi connectivity index (χ4v) is 3.13. The van der Waals surface area contributed by atoms with E-state index < -0.39 is 5.60 Å². The Hall–Kier alpha value is -1.52.